The van der Waals surface area contributed by atoms with Crippen LogP contribution in [0.5, 0.6) is 11.5 Å². The SMILES string of the molecule is O=Cc1cccc(Oc2cccc(F)c2)c1. The topological polar surface area (TPSA) is 26.3 Å². The van der Waals surface area contributed by atoms with Crippen LogP contribution in [0.3, 0.4) is 0 Å². The van der Waals surface area contributed by atoms with E-state index in [4.69, 9.17) is 4.74 Å². The van der Waals surface area contributed by atoms with Gasteiger partial charge in [0.15, 0.2) is 0 Å². The average molecular weight is 216 g/mol. The Morgan fingerprint density at radius 2 is 1.69 bits per heavy atom. The first-order chi connectivity index (χ1) is 7.78. The van der Waals surface area contributed by atoms with E-state index in [1.807, 2.05) is 0 Å². The molecule has 2 nitrogen and oxygen atoms in total. The Balaban J connectivity index is 2.23. The van der Waals surface area contributed by atoms with Crippen molar-refractivity contribution in [3.63, 3.8) is 0 Å². The van der Waals surface area contributed by atoms with E-state index in [0.29, 0.717) is 17.1 Å². The van der Waals surface area contributed by atoms with E-state index in [0.717, 1.165) is 6.29 Å². The highest BCUT2D eigenvalue weighted by Gasteiger charge is 1.99. The summed E-state index contributed by atoms with van der Waals surface area (Å²) in [6.45, 7) is 0. The number of benzene rings is 2. The van der Waals surface area contributed by atoms with Crippen molar-refractivity contribution >= 4 is 6.29 Å². The molecule has 2 rings (SSSR count). The van der Waals surface area contributed by atoms with Crippen molar-refractivity contribution in [3.8, 4) is 11.5 Å². The van der Waals surface area contributed by atoms with Gasteiger partial charge in [-0.05, 0) is 24.3 Å². The minimum absolute atomic E-state index is 0.357. The molecule has 80 valence electrons. The zero-order chi connectivity index (χ0) is 11.4. The van der Waals surface area contributed by atoms with E-state index in [1.165, 1.54) is 12.1 Å². The van der Waals surface area contributed by atoms with Gasteiger partial charge in [-0.2, -0.15) is 0 Å². The van der Waals surface area contributed by atoms with Crippen LogP contribution >= 0.6 is 0 Å². The van der Waals surface area contributed by atoms with Gasteiger partial charge in [0, 0.05) is 11.6 Å². The molecule has 0 saturated heterocycles. The number of aldehydes is 1. The first-order valence-electron chi connectivity index (χ1n) is 4.76. The fourth-order valence-electron chi connectivity index (χ4n) is 1.32. The third-order valence-electron chi connectivity index (χ3n) is 2.03. The number of rotatable bonds is 3. The smallest absolute Gasteiger partial charge is 0.150 e. The van der Waals surface area contributed by atoms with Crippen LogP contribution < -0.4 is 4.74 Å². The van der Waals surface area contributed by atoms with E-state index in [-0.39, 0.29) is 5.82 Å². The predicted octanol–water partition coefficient (Wildman–Crippen LogP) is 3.43. The van der Waals surface area contributed by atoms with Crippen molar-refractivity contribution in [3.05, 3.63) is 59.9 Å². The third kappa shape index (κ3) is 2.45. The molecule has 0 aliphatic heterocycles. The van der Waals surface area contributed by atoms with Crippen molar-refractivity contribution in [2.75, 3.05) is 0 Å². The van der Waals surface area contributed by atoms with Gasteiger partial charge in [-0.15, -0.1) is 0 Å². The van der Waals surface area contributed by atoms with Gasteiger partial charge in [-0.3, -0.25) is 4.79 Å². The molecule has 0 unspecified atom stereocenters. The van der Waals surface area contributed by atoms with Gasteiger partial charge in [0.1, 0.15) is 23.6 Å². The lowest BCUT2D eigenvalue weighted by Crippen LogP contribution is -1.86. The standard InChI is InChI=1S/C13H9FO2/c14-11-4-2-6-13(8-11)16-12-5-1-3-10(7-12)9-15/h1-9H. The van der Waals surface area contributed by atoms with E-state index >= 15 is 0 Å². The Hall–Kier alpha value is -2.16. The van der Waals surface area contributed by atoms with Crippen LogP contribution in [0.25, 0.3) is 0 Å². The molecule has 0 aromatic heterocycles. The highest BCUT2D eigenvalue weighted by Crippen LogP contribution is 2.22. The molecule has 0 spiro atoms. The second-order valence-electron chi connectivity index (χ2n) is 3.25. The molecule has 0 aliphatic carbocycles. The minimum atomic E-state index is -0.357. The van der Waals surface area contributed by atoms with Crippen LogP contribution in [0.2, 0.25) is 0 Å². The van der Waals surface area contributed by atoms with E-state index in [2.05, 4.69) is 0 Å². The lowest BCUT2D eigenvalue weighted by molar-refractivity contribution is 0.112. The maximum absolute atomic E-state index is 12.9. The van der Waals surface area contributed by atoms with Gasteiger partial charge < -0.3 is 4.74 Å². The number of hydrogen-bond donors (Lipinski definition) is 0. The summed E-state index contributed by atoms with van der Waals surface area (Å²) in [7, 11) is 0. The second kappa shape index (κ2) is 4.57. The average Bonchev–Trinajstić information content (AvgIpc) is 2.29. The molecule has 0 amide bonds. The number of halogens is 1. The van der Waals surface area contributed by atoms with Gasteiger partial charge in [-0.1, -0.05) is 18.2 Å². The Morgan fingerprint density at radius 3 is 2.38 bits per heavy atom. The Kier molecular flexibility index (Phi) is 2.96. The molecule has 16 heavy (non-hydrogen) atoms. The summed E-state index contributed by atoms with van der Waals surface area (Å²) >= 11 is 0. The van der Waals surface area contributed by atoms with E-state index in [9.17, 15) is 9.18 Å². The van der Waals surface area contributed by atoms with Crippen LogP contribution in [-0.2, 0) is 0 Å². The van der Waals surface area contributed by atoms with Crippen LogP contribution in [0, 0.1) is 5.82 Å². The van der Waals surface area contributed by atoms with Crippen molar-refractivity contribution in [2.45, 2.75) is 0 Å². The van der Waals surface area contributed by atoms with E-state index < -0.39 is 0 Å². The van der Waals surface area contributed by atoms with Crippen LogP contribution in [-0.4, -0.2) is 6.29 Å². The zero-order valence-corrected chi connectivity index (χ0v) is 8.39. The molecule has 2 aromatic rings. The number of carbonyl (C=O) groups excluding carboxylic acids is 1. The fourth-order valence-corrected chi connectivity index (χ4v) is 1.32. The van der Waals surface area contributed by atoms with E-state index in [1.54, 1.807) is 36.4 Å². The van der Waals surface area contributed by atoms with Crippen LogP contribution in [0.15, 0.2) is 48.5 Å². The molecule has 2 aromatic carbocycles. The highest BCUT2D eigenvalue weighted by atomic mass is 19.1. The molecule has 0 radical (unpaired) electrons. The monoisotopic (exact) mass is 216 g/mol. The lowest BCUT2D eigenvalue weighted by Gasteiger charge is -2.05. The molecule has 0 atom stereocenters. The van der Waals surface area contributed by atoms with Gasteiger partial charge in [0.05, 0.1) is 0 Å². The summed E-state index contributed by atoms with van der Waals surface area (Å²) in [5.74, 6) is 0.558. The molecular weight excluding hydrogens is 207 g/mol. The second-order valence-corrected chi connectivity index (χ2v) is 3.25. The Morgan fingerprint density at radius 1 is 1.00 bits per heavy atom. The molecule has 0 fully saturated rings. The third-order valence-corrected chi connectivity index (χ3v) is 2.03. The first-order valence-corrected chi connectivity index (χ1v) is 4.76. The minimum Gasteiger partial charge on any atom is -0.457 e. The van der Waals surface area contributed by atoms with Crippen molar-refractivity contribution in [1.29, 1.82) is 0 Å². The molecule has 0 aliphatic rings. The molecule has 0 heterocycles. The molecule has 0 N–H and O–H groups in total. The van der Waals surface area contributed by atoms with Gasteiger partial charge in [0.25, 0.3) is 0 Å². The summed E-state index contributed by atoms with van der Waals surface area (Å²) in [5.41, 5.74) is 0.522. The maximum atomic E-state index is 12.9. The summed E-state index contributed by atoms with van der Waals surface area (Å²) in [6, 6.07) is 12.5. The predicted molar refractivity (Wildman–Crippen MR) is 58.3 cm³/mol. The summed E-state index contributed by atoms with van der Waals surface area (Å²) < 4.78 is 18.3. The quantitative estimate of drug-likeness (QED) is 0.734. The van der Waals surface area contributed by atoms with Gasteiger partial charge in [0.2, 0.25) is 0 Å². The Bertz CT molecular complexity index is 509. The van der Waals surface area contributed by atoms with Crippen LogP contribution in [0.4, 0.5) is 4.39 Å². The molecule has 0 saturated carbocycles. The number of hydrogen-bond acceptors (Lipinski definition) is 2. The Labute approximate surface area is 92.3 Å². The molecule has 0 bridgehead atoms. The highest BCUT2D eigenvalue weighted by molar-refractivity contribution is 5.75. The number of ether oxygens (including phenoxy) is 1. The largest absolute Gasteiger partial charge is 0.457 e. The van der Waals surface area contributed by atoms with Gasteiger partial charge in [-0.25, -0.2) is 4.39 Å². The number of carbonyl (C=O) groups is 1. The zero-order valence-electron chi connectivity index (χ0n) is 8.39. The molecule has 3 heteroatoms. The summed E-state index contributed by atoms with van der Waals surface area (Å²) in [6.07, 6.45) is 0.735. The summed E-state index contributed by atoms with van der Waals surface area (Å²) in [5, 5.41) is 0. The van der Waals surface area contributed by atoms with Crippen LogP contribution in [0.1, 0.15) is 10.4 Å². The van der Waals surface area contributed by atoms with Crippen molar-refractivity contribution < 1.29 is 13.9 Å². The maximum Gasteiger partial charge on any atom is 0.150 e. The van der Waals surface area contributed by atoms with Gasteiger partial charge >= 0.3 is 0 Å². The van der Waals surface area contributed by atoms with Crippen molar-refractivity contribution in [2.24, 2.45) is 0 Å². The summed E-state index contributed by atoms with van der Waals surface area (Å²) in [4.78, 5) is 10.5. The fraction of sp³-hybridized carbons (Fsp3) is 0. The first kappa shape index (κ1) is 10.4. The lowest BCUT2D eigenvalue weighted by atomic mass is 10.2. The normalized spacial score (nSPS) is 9.81. The van der Waals surface area contributed by atoms with Crippen molar-refractivity contribution in [1.82, 2.24) is 0 Å². The molecular formula is C13H9FO2.